The van der Waals surface area contributed by atoms with E-state index >= 15 is 0 Å². The second-order valence-corrected chi connectivity index (χ2v) is 13.9. The average Bonchev–Trinajstić information content (AvgIpc) is 3.58. The molecule has 1 aliphatic carbocycles. The summed E-state index contributed by atoms with van der Waals surface area (Å²) in [5.74, 6) is -0.731. The molecule has 2 aliphatic heterocycles. The third-order valence-electron chi connectivity index (χ3n) is 7.91. The second-order valence-electron chi connectivity index (χ2n) is 11.0. The van der Waals surface area contributed by atoms with Crippen LogP contribution in [-0.4, -0.2) is 55.5 Å². The molecule has 1 aromatic heterocycles. The van der Waals surface area contributed by atoms with E-state index in [0.29, 0.717) is 51.0 Å². The highest BCUT2D eigenvalue weighted by molar-refractivity contribution is 7.91. The fraction of sp³-hybridized carbons (Fsp3) is 0.414. The topological polar surface area (TPSA) is 107 Å². The first kappa shape index (κ1) is 27.3. The molecular weight excluding hydrogens is 575 g/mol. The summed E-state index contributed by atoms with van der Waals surface area (Å²) < 4.78 is 34.7. The van der Waals surface area contributed by atoms with Crippen LogP contribution in [0.4, 0.5) is 5.69 Å². The van der Waals surface area contributed by atoms with Crippen LogP contribution in [0.15, 0.2) is 47.0 Å². The monoisotopic (exact) mass is 602 g/mol. The Morgan fingerprint density at radius 3 is 2.20 bits per heavy atom. The number of halogens is 2. The van der Waals surface area contributed by atoms with Crippen molar-refractivity contribution in [2.24, 2.45) is 0 Å². The number of sulfone groups is 1. The van der Waals surface area contributed by atoms with Gasteiger partial charge in [-0.25, -0.2) is 13.2 Å². The first-order valence-electron chi connectivity index (χ1n) is 13.3. The summed E-state index contributed by atoms with van der Waals surface area (Å²) in [6, 6.07) is 12.6. The second kappa shape index (κ2) is 10.5. The molecule has 0 amide bonds. The summed E-state index contributed by atoms with van der Waals surface area (Å²) in [4.78, 5) is 28.3. The minimum Gasteiger partial charge on any atom is -0.458 e. The molecule has 3 heterocycles. The smallest absolute Gasteiger partial charge is 0.344 e. The number of hydrogen-bond acceptors (Lipinski definition) is 8. The van der Waals surface area contributed by atoms with E-state index in [2.05, 4.69) is 10.1 Å². The van der Waals surface area contributed by atoms with Crippen molar-refractivity contribution in [3.8, 4) is 11.3 Å². The van der Waals surface area contributed by atoms with Crippen molar-refractivity contribution in [2.45, 2.75) is 62.6 Å². The zero-order valence-corrected chi connectivity index (χ0v) is 24.1. The fourth-order valence-corrected chi connectivity index (χ4v) is 7.23. The molecule has 1 unspecified atom stereocenters. The standard InChI is InChI=1S/C29H28Cl2N2O6S/c1-40(36,37)15-24(34)16-7-9-18(10-8-16)33-19-11-12-20(33)14-21(13-19)38-29(35)26-27(32-39-28(26)17-5-6-17)25-22(30)3-2-4-23(25)31/h2-4,7-10,17,19-21H,5-6,11-15H2,1H3/t19-,20+,21?. The van der Waals surface area contributed by atoms with Gasteiger partial charge in [0.2, 0.25) is 0 Å². The Balaban J connectivity index is 1.19. The first-order valence-corrected chi connectivity index (χ1v) is 16.1. The molecule has 1 saturated carbocycles. The molecule has 3 atom stereocenters. The van der Waals surface area contributed by atoms with Gasteiger partial charge in [0.1, 0.15) is 23.1 Å². The van der Waals surface area contributed by atoms with Crippen LogP contribution in [0, 0.1) is 0 Å². The highest BCUT2D eigenvalue weighted by atomic mass is 35.5. The zero-order chi connectivity index (χ0) is 28.2. The van der Waals surface area contributed by atoms with E-state index in [-0.39, 0.29) is 24.1 Å². The highest BCUT2D eigenvalue weighted by Gasteiger charge is 2.44. The number of Topliss-reactive ketones (excluding diaryl/α,β-unsaturated/α-hetero) is 1. The van der Waals surface area contributed by atoms with Crippen molar-refractivity contribution >= 4 is 50.5 Å². The van der Waals surface area contributed by atoms with Crippen LogP contribution >= 0.6 is 23.2 Å². The maximum Gasteiger partial charge on any atom is 0.344 e. The number of carbonyl (C=O) groups excluding carboxylic acids is 2. The number of anilines is 1. The Morgan fingerprint density at radius 1 is 1.00 bits per heavy atom. The van der Waals surface area contributed by atoms with Gasteiger partial charge in [-0.3, -0.25) is 4.79 Å². The summed E-state index contributed by atoms with van der Waals surface area (Å²) in [7, 11) is -3.39. The molecule has 3 aromatic rings. The van der Waals surface area contributed by atoms with Crippen molar-refractivity contribution in [1.82, 2.24) is 5.16 Å². The lowest BCUT2D eigenvalue weighted by molar-refractivity contribution is 0.0202. The Labute approximate surface area is 242 Å². The molecule has 210 valence electrons. The number of aromatic nitrogens is 1. The summed E-state index contributed by atoms with van der Waals surface area (Å²) in [5.41, 5.74) is 2.43. The molecule has 0 spiro atoms. The van der Waals surface area contributed by atoms with Gasteiger partial charge in [-0.2, -0.15) is 0 Å². The van der Waals surface area contributed by atoms with Gasteiger partial charge in [0.05, 0.1) is 10.0 Å². The van der Waals surface area contributed by atoms with Gasteiger partial charge in [-0.15, -0.1) is 0 Å². The maximum atomic E-state index is 13.6. The summed E-state index contributed by atoms with van der Waals surface area (Å²) in [6.07, 6.45) is 5.90. The van der Waals surface area contributed by atoms with Crippen LogP contribution in [0.5, 0.6) is 0 Å². The molecule has 0 radical (unpaired) electrons. The molecule has 3 fully saturated rings. The number of ketones is 1. The zero-order valence-electron chi connectivity index (χ0n) is 21.8. The van der Waals surface area contributed by atoms with Crippen molar-refractivity contribution in [1.29, 1.82) is 0 Å². The normalized spacial score (nSPS) is 22.4. The SMILES string of the molecule is CS(=O)(=O)CC(=O)c1ccc(N2[C@@H]3CC[C@H]2CC(OC(=O)c2c(-c4c(Cl)cccc4Cl)noc2C2CC2)C3)cc1. The van der Waals surface area contributed by atoms with Crippen LogP contribution in [0.25, 0.3) is 11.3 Å². The predicted molar refractivity (Wildman–Crippen MR) is 152 cm³/mol. The van der Waals surface area contributed by atoms with Crippen LogP contribution in [0.3, 0.4) is 0 Å². The van der Waals surface area contributed by atoms with Crippen molar-refractivity contribution in [3.05, 3.63) is 69.4 Å². The van der Waals surface area contributed by atoms with E-state index in [0.717, 1.165) is 37.6 Å². The van der Waals surface area contributed by atoms with Crippen LogP contribution < -0.4 is 4.90 Å². The summed E-state index contributed by atoms with van der Waals surface area (Å²) in [6.45, 7) is 0. The number of nitrogens with zero attached hydrogens (tertiary/aromatic N) is 2. The number of carbonyl (C=O) groups is 2. The Hall–Kier alpha value is -2.88. The molecule has 8 nitrogen and oxygen atoms in total. The van der Waals surface area contributed by atoms with Crippen molar-refractivity contribution < 1.29 is 27.3 Å². The number of piperidine rings is 1. The molecule has 11 heteroatoms. The first-order chi connectivity index (χ1) is 19.1. The van der Waals surface area contributed by atoms with Crippen LogP contribution in [0.1, 0.15) is 70.9 Å². The van der Waals surface area contributed by atoms with Crippen molar-refractivity contribution in [2.75, 3.05) is 16.9 Å². The summed E-state index contributed by atoms with van der Waals surface area (Å²) in [5, 5.41) is 4.97. The van der Waals surface area contributed by atoms with E-state index in [9.17, 15) is 18.0 Å². The minimum atomic E-state index is -3.39. The van der Waals surface area contributed by atoms with Gasteiger partial charge in [0.15, 0.2) is 21.4 Å². The number of rotatable bonds is 8. The maximum absolute atomic E-state index is 13.6. The molecule has 40 heavy (non-hydrogen) atoms. The molecule has 2 aromatic carbocycles. The average molecular weight is 604 g/mol. The number of fused-ring (bicyclic) bond motifs is 2. The van der Waals surface area contributed by atoms with Gasteiger partial charge in [-0.1, -0.05) is 34.4 Å². The largest absolute Gasteiger partial charge is 0.458 e. The van der Waals surface area contributed by atoms with Gasteiger partial charge >= 0.3 is 5.97 Å². The van der Waals surface area contributed by atoms with Gasteiger partial charge in [0, 0.05) is 53.9 Å². The Bertz CT molecular complexity index is 1550. The van der Waals surface area contributed by atoms with Crippen LogP contribution in [0.2, 0.25) is 10.0 Å². The van der Waals surface area contributed by atoms with Gasteiger partial charge in [-0.05, 0) is 62.1 Å². The van der Waals surface area contributed by atoms with E-state index in [1.54, 1.807) is 30.3 Å². The highest BCUT2D eigenvalue weighted by Crippen LogP contribution is 2.47. The fourth-order valence-electron chi connectivity index (χ4n) is 6.02. The molecular formula is C29H28Cl2N2O6S. The van der Waals surface area contributed by atoms with E-state index < -0.39 is 27.3 Å². The van der Waals surface area contributed by atoms with Gasteiger partial charge in [0.25, 0.3) is 0 Å². The third-order valence-corrected chi connectivity index (χ3v) is 9.33. The molecule has 0 N–H and O–H groups in total. The minimum absolute atomic E-state index is 0.135. The van der Waals surface area contributed by atoms with E-state index in [1.165, 1.54) is 0 Å². The molecule has 6 rings (SSSR count). The molecule has 2 bridgehead atoms. The van der Waals surface area contributed by atoms with Crippen molar-refractivity contribution in [3.63, 3.8) is 0 Å². The Kier molecular flexibility index (Phi) is 7.17. The number of benzene rings is 2. The lowest BCUT2D eigenvalue weighted by Gasteiger charge is -2.40. The molecule has 3 aliphatic rings. The van der Waals surface area contributed by atoms with E-state index in [1.807, 2.05) is 12.1 Å². The van der Waals surface area contributed by atoms with E-state index in [4.69, 9.17) is 32.5 Å². The quantitative estimate of drug-likeness (QED) is 0.224. The predicted octanol–water partition coefficient (Wildman–Crippen LogP) is 6.11. The number of ether oxygens (including phenoxy) is 1. The van der Waals surface area contributed by atoms with Gasteiger partial charge < -0.3 is 14.2 Å². The number of hydrogen-bond donors (Lipinski definition) is 0. The Morgan fingerprint density at radius 2 is 1.62 bits per heavy atom. The van der Waals surface area contributed by atoms with Crippen LogP contribution in [-0.2, 0) is 14.6 Å². The third kappa shape index (κ3) is 5.39. The summed E-state index contributed by atoms with van der Waals surface area (Å²) >= 11 is 12.9. The lowest BCUT2D eigenvalue weighted by atomic mass is 9.98. The molecule has 2 saturated heterocycles. The lowest BCUT2D eigenvalue weighted by Crippen LogP contribution is -2.46. The number of esters is 1.